The second kappa shape index (κ2) is 9.95. The van der Waals surface area contributed by atoms with Crippen LogP contribution < -0.4 is 10.2 Å². The molecule has 0 aliphatic rings. The second-order valence-electron chi connectivity index (χ2n) is 6.93. The lowest BCUT2D eigenvalue weighted by Crippen LogP contribution is -2.19. The molecule has 1 heterocycles. The number of aromatic amines is 1. The molecule has 31 heavy (non-hydrogen) atoms. The molecule has 7 heteroatoms. The molecule has 3 aromatic carbocycles. The van der Waals surface area contributed by atoms with E-state index in [1.807, 2.05) is 60.7 Å². The summed E-state index contributed by atoms with van der Waals surface area (Å²) in [5.74, 6) is 0.814. The number of ether oxygens (including phenoxy) is 1. The minimum Gasteiger partial charge on any atom is -0.489 e. The number of fused-ring (bicyclic) bond motifs is 1. The van der Waals surface area contributed by atoms with E-state index in [1.165, 1.54) is 17.3 Å². The first-order chi connectivity index (χ1) is 15.2. The number of thioether (sulfide) groups is 1. The van der Waals surface area contributed by atoms with Crippen LogP contribution in [0.2, 0.25) is 0 Å². The Morgan fingerprint density at radius 1 is 1.10 bits per heavy atom. The molecule has 0 atom stereocenters. The van der Waals surface area contributed by atoms with Crippen LogP contribution in [0, 0.1) is 6.92 Å². The van der Waals surface area contributed by atoms with Gasteiger partial charge in [-0.25, -0.2) is 10.4 Å². The number of aromatic nitrogens is 2. The molecule has 0 saturated heterocycles. The van der Waals surface area contributed by atoms with Crippen LogP contribution in [0.3, 0.4) is 0 Å². The van der Waals surface area contributed by atoms with Gasteiger partial charge in [-0.3, -0.25) is 4.79 Å². The molecule has 0 radical (unpaired) electrons. The lowest BCUT2D eigenvalue weighted by atomic mass is 10.1. The number of hydrazone groups is 1. The first kappa shape index (κ1) is 20.7. The highest BCUT2D eigenvalue weighted by atomic mass is 32.2. The molecule has 2 N–H and O–H groups in total. The molecule has 0 aliphatic carbocycles. The lowest BCUT2D eigenvalue weighted by Gasteiger charge is -2.08. The highest BCUT2D eigenvalue weighted by Gasteiger charge is 2.06. The van der Waals surface area contributed by atoms with E-state index in [1.54, 1.807) is 6.21 Å². The van der Waals surface area contributed by atoms with Gasteiger partial charge in [-0.1, -0.05) is 48.2 Å². The monoisotopic (exact) mass is 430 g/mol. The molecular weight excluding hydrogens is 408 g/mol. The zero-order valence-electron chi connectivity index (χ0n) is 17.0. The lowest BCUT2D eigenvalue weighted by molar-refractivity contribution is -0.118. The standard InChI is InChI=1S/C24H22N4O2S/c1-17-6-2-3-7-19(17)15-30-20-12-10-18(11-13-20)14-25-28-23(29)16-31-24-26-21-8-4-5-9-22(21)27-24/h2-14H,15-16H2,1H3,(H,26,27)(H,28,29)/b25-14+. The van der Waals surface area contributed by atoms with Gasteiger partial charge in [0.05, 0.1) is 23.0 Å². The SMILES string of the molecule is Cc1ccccc1COc1ccc(/C=N/NC(=O)CSc2nc3ccccc3[nH]2)cc1. The van der Waals surface area contributed by atoms with E-state index in [0.717, 1.165) is 27.9 Å². The molecule has 4 aromatic rings. The van der Waals surface area contributed by atoms with E-state index >= 15 is 0 Å². The van der Waals surface area contributed by atoms with Crippen LogP contribution in [-0.2, 0) is 11.4 Å². The van der Waals surface area contributed by atoms with Gasteiger partial charge in [0.15, 0.2) is 5.16 Å². The minimum absolute atomic E-state index is 0.195. The average molecular weight is 431 g/mol. The number of para-hydroxylation sites is 2. The topological polar surface area (TPSA) is 79.4 Å². The molecule has 1 amide bonds. The van der Waals surface area contributed by atoms with Crippen LogP contribution in [0.25, 0.3) is 11.0 Å². The minimum atomic E-state index is -0.195. The summed E-state index contributed by atoms with van der Waals surface area (Å²) in [4.78, 5) is 19.6. The van der Waals surface area contributed by atoms with Gasteiger partial charge in [-0.15, -0.1) is 0 Å². The Morgan fingerprint density at radius 2 is 1.87 bits per heavy atom. The van der Waals surface area contributed by atoms with Gasteiger partial charge in [0.1, 0.15) is 12.4 Å². The molecule has 0 unspecified atom stereocenters. The van der Waals surface area contributed by atoms with Crippen molar-refractivity contribution in [3.63, 3.8) is 0 Å². The van der Waals surface area contributed by atoms with E-state index in [4.69, 9.17) is 4.74 Å². The van der Waals surface area contributed by atoms with Crippen LogP contribution in [0.1, 0.15) is 16.7 Å². The first-order valence-electron chi connectivity index (χ1n) is 9.84. The highest BCUT2D eigenvalue weighted by Crippen LogP contribution is 2.19. The Morgan fingerprint density at radius 3 is 2.68 bits per heavy atom. The zero-order chi connectivity index (χ0) is 21.5. The van der Waals surface area contributed by atoms with Gasteiger partial charge < -0.3 is 9.72 Å². The van der Waals surface area contributed by atoms with E-state index in [-0.39, 0.29) is 11.7 Å². The molecule has 4 rings (SSSR count). The predicted octanol–water partition coefficient (Wildman–Crippen LogP) is 4.69. The Kier molecular flexibility index (Phi) is 6.64. The molecule has 0 spiro atoms. The van der Waals surface area contributed by atoms with Crippen molar-refractivity contribution in [3.05, 3.63) is 89.5 Å². The van der Waals surface area contributed by atoms with Crippen molar-refractivity contribution in [3.8, 4) is 5.75 Å². The van der Waals surface area contributed by atoms with E-state index in [9.17, 15) is 4.79 Å². The first-order valence-corrected chi connectivity index (χ1v) is 10.8. The summed E-state index contributed by atoms with van der Waals surface area (Å²) in [6, 6.07) is 23.5. The largest absolute Gasteiger partial charge is 0.489 e. The second-order valence-corrected chi connectivity index (χ2v) is 7.89. The van der Waals surface area contributed by atoms with E-state index < -0.39 is 0 Å². The molecule has 0 saturated carbocycles. The van der Waals surface area contributed by atoms with Crippen molar-refractivity contribution >= 4 is 34.9 Å². The summed E-state index contributed by atoms with van der Waals surface area (Å²) in [5.41, 5.74) is 7.62. The maximum atomic E-state index is 12.0. The number of carbonyl (C=O) groups is 1. The molecule has 1 aromatic heterocycles. The summed E-state index contributed by atoms with van der Waals surface area (Å²) in [7, 11) is 0. The molecule has 0 fully saturated rings. The summed E-state index contributed by atoms with van der Waals surface area (Å²) in [6.07, 6.45) is 1.61. The summed E-state index contributed by atoms with van der Waals surface area (Å²) in [6.45, 7) is 2.60. The summed E-state index contributed by atoms with van der Waals surface area (Å²) in [5, 5.41) is 4.73. The number of hydrogen-bond donors (Lipinski definition) is 2. The van der Waals surface area contributed by atoms with Crippen molar-refractivity contribution in [1.82, 2.24) is 15.4 Å². The maximum absolute atomic E-state index is 12.0. The Balaban J connectivity index is 1.22. The van der Waals surface area contributed by atoms with Gasteiger partial charge >= 0.3 is 0 Å². The fourth-order valence-corrected chi connectivity index (χ4v) is 3.60. The number of carbonyl (C=O) groups excluding carboxylic acids is 1. The normalized spacial score (nSPS) is 11.1. The third kappa shape index (κ3) is 5.73. The zero-order valence-corrected chi connectivity index (χ0v) is 17.9. The van der Waals surface area contributed by atoms with Crippen LogP contribution in [0.15, 0.2) is 83.1 Å². The number of imidazole rings is 1. The van der Waals surface area contributed by atoms with Crippen molar-refractivity contribution in [2.24, 2.45) is 5.10 Å². The molecule has 0 aliphatic heterocycles. The molecule has 156 valence electrons. The molecule has 6 nitrogen and oxygen atoms in total. The van der Waals surface area contributed by atoms with Gasteiger partial charge in [0, 0.05) is 0 Å². The third-order valence-corrected chi connectivity index (χ3v) is 5.52. The van der Waals surface area contributed by atoms with Gasteiger partial charge in [0.2, 0.25) is 0 Å². The average Bonchev–Trinajstić information content (AvgIpc) is 3.21. The van der Waals surface area contributed by atoms with Gasteiger partial charge in [-0.2, -0.15) is 5.10 Å². The smallest absolute Gasteiger partial charge is 0.250 e. The maximum Gasteiger partial charge on any atom is 0.250 e. The number of rotatable bonds is 8. The Bertz CT molecular complexity index is 1170. The van der Waals surface area contributed by atoms with Crippen molar-refractivity contribution < 1.29 is 9.53 Å². The van der Waals surface area contributed by atoms with Crippen LogP contribution in [0.5, 0.6) is 5.75 Å². The number of amides is 1. The van der Waals surface area contributed by atoms with Crippen molar-refractivity contribution in [1.29, 1.82) is 0 Å². The molecular formula is C24H22N4O2S. The van der Waals surface area contributed by atoms with E-state index in [2.05, 4.69) is 39.6 Å². The number of H-pyrrole nitrogens is 1. The van der Waals surface area contributed by atoms with Gasteiger partial charge in [-0.05, 0) is 60.0 Å². The van der Waals surface area contributed by atoms with Crippen LogP contribution in [-0.4, -0.2) is 27.8 Å². The summed E-state index contributed by atoms with van der Waals surface area (Å²) >= 11 is 1.34. The fourth-order valence-electron chi connectivity index (χ4n) is 2.93. The third-order valence-electron chi connectivity index (χ3n) is 4.65. The number of hydrogen-bond acceptors (Lipinski definition) is 5. The van der Waals surface area contributed by atoms with Crippen molar-refractivity contribution in [2.45, 2.75) is 18.7 Å². The van der Waals surface area contributed by atoms with Crippen LogP contribution in [0.4, 0.5) is 0 Å². The van der Waals surface area contributed by atoms with Gasteiger partial charge in [0.25, 0.3) is 5.91 Å². The fraction of sp³-hybridized carbons (Fsp3) is 0.125. The predicted molar refractivity (Wildman–Crippen MR) is 125 cm³/mol. The van der Waals surface area contributed by atoms with Crippen molar-refractivity contribution in [2.75, 3.05) is 5.75 Å². The van der Waals surface area contributed by atoms with E-state index in [0.29, 0.717) is 11.8 Å². The number of nitrogens with zero attached hydrogens (tertiary/aromatic N) is 2. The number of aryl methyl sites for hydroxylation is 1. The Hall–Kier alpha value is -3.58. The Labute approximate surface area is 184 Å². The number of nitrogens with one attached hydrogen (secondary N) is 2. The van der Waals surface area contributed by atoms with Crippen LogP contribution >= 0.6 is 11.8 Å². The molecule has 0 bridgehead atoms. The quantitative estimate of drug-likeness (QED) is 0.241. The highest BCUT2D eigenvalue weighted by molar-refractivity contribution is 7.99. The summed E-state index contributed by atoms with van der Waals surface area (Å²) < 4.78 is 5.84. The number of benzene rings is 3.